The summed E-state index contributed by atoms with van der Waals surface area (Å²) >= 11 is 0.947. The molecule has 10 nitrogen and oxygen atoms in total. The molecule has 0 aliphatic rings. The van der Waals surface area contributed by atoms with Gasteiger partial charge in [-0.1, -0.05) is 16.5 Å². The normalized spacial score (nSPS) is 11.7. The molecule has 1 atom stereocenters. The minimum absolute atomic E-state index is 0.0519. The largest absolute Gasteiger partial charge is 0.481 e. The van der Waals surface area contributed by atoms with Crippen molar-refractivity contribution in [2.45, 2.75) is 13.0 Å². The molecule has 4 aromatic rings. The lowest BCUT2D eigenvalue weighted by Gasteiger charge is -2.26. The second kappa shape index (κ2) is 9.27. The Morgan fingerprint density at radius 3 is 2.56 bits per heavy atom. The van der Waals surface area contributed by atoms with Crippen molar-refractivity contribution < 1.29 is 23.2 Å². The third-order valence-corrected chi connectivity index (χ3v) is 6.00. The number of nitrogen functional groups attached to an aromatic ring is 1. The minimum Gasteiger partial charge on any atom is -0.481 e. The summed E-state index contributed by atoms with van der Waals surface area (Å²) in [6, 6.07) is 9.42. The molecule has 3 aromatic heterocycles. The zero-order valence-corrected chi connectivity index (χ0v) is 18.9. The van der Waals surface area contributed by atoms with Crippen molar-refractivity contribution in [1.29, 1.82) is 0 Å². The van der Waals surface area contributed by atoms with E-state index in [1.165, 1.54) is 48.5 Å². The number of nitrogens with two attached hydrogens (primary N) is 2. The van der Waals surface area contributed by atoms with Crippen LogP contribution in [-0.4, -0.2) is 40.0 Å². The van der Waals surface area contributed by atoms with Gasteiger partial charge in [-0.15, -0.1) is 0 Å². The van der Waals surface area contributed by atoms with Crippen molar-refractivity contribution in [1.82, 2.24) is 15.1 Å². The molecule has 174 valence electrons. The third kappa shape index (κ3) is 4.43. The Morgan fingerprint density at radius 2 is 1.94 bits per heavy atom. The summed E-state index contributed by atoms with van der Waals surface area (Å²) in [5.41, 5.74) is 13.0. The molecule has 0 bridgehead atoms. The number of carbonyl (C=O) groups excluding carboxylic acids is 2. The van der Waals surface area contributed by atoms with Crippen molar-refractivity contribution >= 4 is 39.7 Å². The number of hydrogen-bond acceptors (Lipinski definition) is 10. The maximum absolute atomic E-state index is 13.4. The van der Waals surface area contributed by atoms with E-state index < -0.39 is 23.5 Å². The summed E-state index contributed by atoms with van der Waals surface area (Å²) in [4.78, 5) is 35.0. The van der Waals surface area contributed by atoms with E-state index in [0.717, 1.165) is 11.3 Å². The molecule has 1 aromatic carbocycles. The van der Waals surface area contributed by atoms with Gasteiger partial charge >= 0.3 is 0 Å². The van der Waals surface area contributed by atoms with Gasteiger partial charge in [0.25, 0.3) is 0 Å². The van der Waals surface area contributed by atoms with Crippen molar-refractivity contribution in [3.8, 4) is 17.1 Å². The average molecular weight is 482 g/mol. The number of aromatic nitrogens is 3. The molecule has 1 unspecified atom stereocenters. The topological polar surface area (TPSA) is 150 Å². The highest BCUT2D eigenvalue weighted by Crippen LogP contribution is 2.36. The zero-order chi connectivity index (χ0) is 24.4. The Balaban J connectivity index is 1.66. The summed E-state index contributed by atoms with van der Waals surface area (Å²) in [7, 11) is 1.50. The summed E-state index contributed by atoms with van der Waals surface area (Å²) in [6.07, 6.45) is 1.54. The number of methoxy groups -OCH3 is 1. The van der Waals surface area contributed by atoms with Gasteiger partial charge in [-0.3, -0.25) is 9.59 Å². The van der Waals surface area contributed by atoms with Crippen LogP contribution in [-0.2, 0) is 4.79 Å². The van der Waals surface area contributed by atoms with E-state index in [-0.39, 0.29) is 21.6 Å². The molecule has 1 amide bonds. The lowest BCUT2D eigenvalue weighted by molar-refractivity contribution is -0.118. The number of pyridine rings is 1. The maximum atomic E-state index is 13.4. The Kier molecular flexibility index (Phi) is 6.23. The van der Waals surface area contributed by atoms with Crippen LogP contribution in [0.3, 0.4) is 0 Å². The van der Waals surface area contributed by atoms with Crippen LogP contribution in [0.25, 0.3) is 11.3 Å². The molecule has 0 fully saturated rings. The molecule has 4 N–H and O–H groups in total. The fraction of sp³-hybridized carbons (Fsp3) is 0.136. The quantitative estimate of drug-likeness (QED) is 0.361. The van der Waals surface area contributed by atoms with E-state index in [1.54, 1.807) is 19.1 Å². The fourth-order valence-corrected chi connectivity index (χ4v) is 4.13. The fourth-order valence-electron chi connectivity index (χ4n) is 3.10. The van der Waals surface area contributed by atoms with Gasteiger partial charge in [0, 0.05) is 29.6 Å². The number of primary amides is 1. The van der Waals surface area contributed by atoms with E-state index in [0.29, 0.717) is 22.8 Å². The highest BCUT2D eigenvalue weighted by molar-refractivity contribution is 7.18. The number of amides is 1. The number of ketones is 1. The van der Waals surface area contributed by atoms with Gasteiger partial charge in [0.2, 0.25) is 23.3 Å². The number of benzene rings is 1. The summed E-state index contributed by atoms with van der Waals surface area (Å²) in [5, 5.41) is 4.16. The van der Waals surface area contributed by atoms with Gasteiger partial charge in [0.1, 0.15) is 28.2 Å². The second-order valence-electron chi connectivity index (χ2n) is 7.13. The zero-order valence-electron chi connectivity index (χ0n) is 18.1. The standard InChI is InChI=1S/C22H19FN6O4S/c1-11(21(25)31)29(14-6-4-13(23)5-7-14)22-27-20(24)19(34-22)18(30)16-9-15(28-33-16)12-3-8-17(32-2)26-10-12/h3-11H,24H2,1-2H3,(H2,25,31). The molecule has 0 aliphatic carbocycles. The molecular weight excluding hydrogens is 463 g/mol. The average Bonchev–Trinajstić information content (AvgIpc) is 3.47. The van der Waals surface area contributed by atoms with E-state index >= 15 is 0 Å². The van der Waals surface area contributed by atoms with Gasteiger partial charge in [-0.2, -0.15) is 0 Å². The maximum Gasteiger partial charge on any atom is 0.244 e. The minimum atomic E-state index is -0.849. The summed E-state index contributed by atoms with van der Waals surface area (Å²) < 4.78 is 23.7. The molecular formula is C22H19FN6O4S. The number of nitrogens with zero attached hydrogens (tertiary/aromatic N) is 4. The van der Waals surface area contributed by atoms with Crippen LogP contribution < -0.4 is 21.1 Å². The molecule has 4 rings (SSSR count). The molecule has 12 heteroatoms. The lowest BCUT2D eigenvalue weighted by atomic mass is 10.2. The number of hydrogen-bond donors (Lipinski definition) is 2. The first-order valence-corrected chi connectivity index (χ1v) is 10.7. The van der Waals surface area contributed by atoms with E-state index in [2.05, 4.69) is 15.1 Å². The van der Waals surface area contributed by atoms with Gasteiger partial charge in [-0.05, 0) is 37.3 Å². The Labute approximate surface area is 197 Å². The summed E-state index contributed by atoms with van der Waals surface area (Å²) in [6.45, 7) is 1.57. The van der Waals surface area contributed by atoms with Crippen LogP contribution in [0.4, 0.5) is 21.0 Å². The van der Waals surface area contributed by atoms with Crippen LogP contribution in [0.1, 0.15) is 22.4 Å². The molecule has 0 aliphatic heterocycles. The third-order valence-electron chi connectivity index (χ3n) is 4.93. The van der Waals surface area contributed by atoms with Crippen molar-refractivity contribution in [3.63, 3.8) is 0 Å². The second-order valence-corrected chi connectivity index (χ2v) is 8.11. The SMILES string of the molecule is COc1ccc(-c2cc(C(=O)c3sc(N(c4ccc(F)cc4)C(C)C(N)=O)nc3N)on2)cn1. The van der Waals surface area contributed by atoms with Gasteiger partial charge in [0.15, 0.2) is 5.13 Å². The smallest absolute Gasteiger partial charge is 0.244 e. The number of anilines is 3. The Morgan fingerprint density at radius 1 is 1.21 bits per heavy atom. The number of rotatable bonds is 8. The van der Waals surface area contributed by atoms with Gasteiger partial charge < -0.3 is 25.6 Å². The van der Waals surface area contributed by atoms with Gasteiger partial charge in [0.05, 0.1) is 7.11 Å². The van der Waals surface area contributed by atoms with Crippen LogP contribution in [0.15, 0.2) is 53.2 Å². The molecule has 0 radical (unpaired) electrons. The molecule has 0 saturated heterocycles. The molecule has 0 saturated carbocycles. The highest BCUT2D eigenvalue weighted by atomic mass is 32.1. The van der Waals surface area contributed by atoms with Crippen molar-refractivity contribution in [2.75, 3.05) is 17.7 Å². The first kappa shape index (κ1) is 22.9. The summed E-state index contributed by atoms with van der Waals surface area (Å²) in [5.74, 6) is -1.30. The monoisotopic (exact) mass is 482 g/mol. The van der Waals surface area contributed by atoms with Crippen LogP contribution in [0, 0.1) is 5.82 Å². The van der Waals surface area contributed by atoms with E-state index in [4.69, 9.17) is 20.7 Å². The Bertz CT molecular complexity index is 1340. The number of ether oxygens (including phenoxy) is 1. The number of carbonyl (C=O) groups is 2. The van der Waals surface area contributed by atoms with Crippen LogP contribution in [0.2, 0.25) is 0 Å². The molecule has 0 spiro atoms. The first-order valence-electron chi connectivity index (χ1n) is 9.90. The van der Waals surface area contributed by atoms with Crippen LogP contribution in [0.5, 0.6) is 5.88 Å². The molecule has 34 heavy (non-hydrogen) atoms. The number of thiazole rings is 1. The van der Waals surface area contributed by atoms with Crippen molar-refractivity contribution in [2.24, 2.45) is 5.73 Å². The van der Waals surface area contributed by atoms with Crippen LogP contribution >= 0.6 is 11.3 Å². The predicted octanol–water partition coefficient (Wildman–Crippen LogP) is 3.17. The number of halogens is 1. The first-order chi connectivity index (χ1) is 16.3. The molecule has 3 heterocycles. The van der Waals surface area contributed by atoms with E-state index in [1.807, 2.05) is 0 Å². The Hall–Kier alpha value is -4.32. The van der Waals surface area contributed by atoms with Gasteiger partial charge in [-0.25, -0.2) is 14.4 Å². The predicted molar refractivity (Wildman–Crippen MR) is 123 cm³/mol. The van der Waals surface area contributed by atoms with E-state index in [9.17, 15) is 14.0 Å². The van der Waals surface area contributed by atoms with Crippen molar-refractivity contribution in [3.05, 3.63) is 65.1 Å². The highest BCUT2D eigenvalue weighted by Gasteiger charge is 2.28. The lowest BCUT2D eigenvalue weighted by Crippen LogP contribution is -2.39.